The molecular weight excluding hydrogens is 316 g/mol. The number of carbonyl (C=O) groups excluding carboxylic acids is 3. The quantitative estimate of drug-likeness (QED) is 0.458. The van der Waals surface area contributed by atoms with Gasteiger partial charge in [-0.2, -0.15) is 0 Å². The van der Waals surface area contributed by atoms with Gasteiger partial charge in [0.05, 0.1) is 18.1 Å². The molecule has 2 amide bonds. The number of hydrazone groups is 1. The molecule has 1 aromatic rings. The molecule has 1 fully saturated rings. The molecule has 2 aliphatic rings. The second kappa shape index (κ2) is 5.52. The molecule has 2 aliphatic heterocycles. The number of carbonyl (C=O) groups is 3. The maximum Gasteiger partial charge on any atom is 0.355 e. The topological polar surface area (TPSA) is 109 Å². The van der Waals surface area contributed by atoms with Gasteiger partial charge in [0, 0.05) is 0 Å². The normalized spacial score (nSPS) is 22.5. The molecule has 0 bridgehead atoms. The largest absolute Gasteiger partial charge is 0.464 e. The van der Waals surface area contributed by atoms with E-state index < -0.39 is 29.7 Å². The summed E-state index contributed by atoms with van der Waals surface area (Å²) in [5, 5.41) is 6.84. The third-order valence-corrected chi connectivity index (χ3v) is 3.97. The number of methoxy groups -OCH3 is 1. The summed E-state index contributed by atoms with van der Waals surface area (Å²) in [7, 11) is 1.12. The fraction of sp³-hybridized carbons (Fsp3) is 0.333. The van der Waals surface area contributed by atoms with E-state index >= 15 is 0 Å². The minimum Gasteiger partial charge on any atom is -0.464 e. The van der Waals surface area contributed by atoms with Crippen molar-refractivity contribution in [2.45, 2.75) is 19.9 Å². The summed E-state index contributed by atoms with van der Waals surface area (Å²) in [6.07, 6.45) is 0. The van der Waals surface area contributed by atoms with Crippen LogP contribution in [0.1, 0.15) is 11.1 Å². The van der Waals surface area contributed by atoms with Gasteiger partial charge in [0.15, 0.2) is 11.8 Å². The number of hydrogen-bond donors (Lipinski definition) is 0. The molecule has 2 atom stereocenters. The highest BCUT2D eigenvalue weighted by Gasteiger charge is 2.59. The van der Waals surface area contributed by atoms with E-state index in [0.29, 0.717) is 10.8 Å². The molecule has 1 saturated heterocycles. The number of imide groups is 1. The van der Waals surface area contributed by atoms with Crippen LogP contribution in [0.25, 0.3) is 0 Å². The van der Waals surface area contributed by atoms with E-state index in [9.17, 15) is 19.3 Å². The molecular formula is C15H14N4O5. The Morgan fingerprint density at radius 1 is 1.17 bits per heavy atom. The smallest absolute Gasteiger partial charge is 0.355 e. The minimum atomic E-state index is -1.26. The Hall–Kier alpha value is -3.10. The lowest BCUT2D eigenvalue weighted by atomic mass is 9.98. The van der Waals surface area contributed by atoms with E-state index in [-0.39, 0.29) is 5.71 Å². The van der Waals surface area contributed by atoms with Gasteiger partial charge >= 0.3 is 5.97 Å². The molecule has 1 aromatic carbocycles. The highest BCUT2D eigenvalue weighted by Crippen LogP contribution is 2.36. The number of aryl methyl sites for hydroxylation is 2. The molecule has 0 N–H and O–H groups in total. The van der Waals surface area contributed by atoms with Crippen molar-refractivity contribution in [2.24, 2.45) is 16.3 Å². The molecule has 9 heteroatoms. The van der Waals surface area contributed by atoms with Crippen LogP contribution in [0.2, 0.25) is 0 Å². The molecule has 124 valence electrons. The molecule has 0 radical (unpaired) electrons. The van der Waals surface area contributed by atoms with Crippen LogP contribution in [0.15, 0.2) is 28.6 Å². The third-order valence-electron chi connectivity index (χ3n) is 3.97. The van der Waals surface area contributed by atoms with Gasteiger partial charge < -0.3 is 4.74 Å². The summed E-state index contributed by atoms with van der Waals surface area (Å²) in [5.74, 6) is -3.37. The van der Waals surface area contributed by atoms with E-state index in [0.717, 1.165) is 23.1 Å². The van der Waals surface area contributed by atoms with Gasteiger partial charge in [-0.25, -0.2) is 9.69 Å². The average molecular weight is 330 g/mol. The number of nitrogens with zero attached hydrogens (tertiary/aromatic N) is 4. The first-order chi connectivity index (χ1) is 11.4. The van der Waals surface area contributed by atoms with Crippen molar-refractivity contribution in [1.82, 2.24) is 5.12 Å². The fourth-order valence-corrected chi connectivity index (χ4v) is 3.07. The van der Waals surface area contributed by atoms with Crippen molar-refractivity contribution >= 4 is 29.2 Å². The maximum atomic E-state index is 12.8. The van der Waals surface area contributed by atoms with Gasteiger partial charge in [-0.05, 0) is 37.1 Å². The first kappa shape index (κ1) is 15.8. The highest BCUT2D eigenvalue weighted by atomic mass is 16.5. The molecule has 24 heavy (non-hydrogen) atoms. The number of hydrogen-bond acceptors (Lipinski definition) is 7. The summed E-state index contributed by atoms with van der Waals surface area (Å²) in [6, 6.07) is 4.00. The predicted octanol–water partition coefficient (Wildman–Crippen LogP) is 0.687. The van der Waals surface area contributed by atoms with E-state index in [1.165, 1.54) is 0 Å². The van der Waals surface area contributed by atoms with E-state index in [2.05, 4.69) is 15.1 Å². The number of rotatable bonds is 3. The number of nitroso groups, excluding NO2 is 1. The summed E-state index contributed by atoms with van der Waals surface area (Å²) >= 11 is 0. The van der Waals surface area contributed by atoms with Crippen molar-refractivity contribution in [3.63, 3.8) is 0 Å². The van der Waals surface area contributed by atoms with Crippen LogP contribution in [0.5, 0.6) is 0 Å². The Labute approximate surface area is 136 Å². The van der Waals surface area contributed by atoms with Crippen molar-refractivity contribution < 1.29 is 19.1 Å². The molecule has 0 unspecified atom stereocenters. The van der Waals surface area contributed by atoms with Crippen LogP contribution in [-0.4, -0.2) is 41.8 Å². The maximum absolute atomic E-state index is 12.8. The zero-order chi connectivity index (χ0) is 17.6. The Bertz CT molecular complexity index is 783. The third kappa shape index (κ3) is 2.16. The second-order valence-corrected chi connectivity index (χ2v) is 5.66. The average Bonchev–Trinajstić information content (AvgIpc) is 3.03. The summed E-state index contributed by atoms with van der Waals surface area (Å²) in [4.78, 5) is 49.2. The van der Waals surface area contributed by atoms with Gasteiger partial charge in [-0.3, -0.25) is 9.59 Å². The number of fused-ring (bicyclic) bond motifs is 1. The van der Waals surface area contributed by atoms with E-state index in [1.54, 1.807) is 12.1 Å². The molecule has 0 aliphatic carbocycles. The molecule has 2 heterocycles. The number of ether oxygens (including phenoxy) is 1. The highest BCUT2D eigenvalue weighted by molar-refractivity contribution is 6.46. The van der Waals surface area contributed by atoms with Gasteiger partial charge in [-0.1, -0.05) is 6.07 Å². The lowest BCUT2D eigenvalue weighted by molar-refractivity contribution is -0.133. The Kier molecular flexibility index (Phi) is 3.63. The first-order valence-corrected chi connectivity index (χ1v) is 7.14. The Morgan fingerprint density at radius 2 is 1.79 bits per heavy atom. The van der Waals surface area contributed by atoms with Gasteiger partial charge in [0.1, 0.15) is 5.92 Å². The number of benzene rings is 1. The number of anilines is 1. The van der Waals surface area contributed by atoms with Crippen LogP contribution in [-0.2, 0) is 19.1 Å². The number of esters is 1. The predicted molar refractivity (Wildman–Crippen MR) is 82.8 cm³/mol. The van der Waals surface area contributed by atoms with Crippen LogP contribution < -0.4 is 4.90 Å². The SMILES string of the molecule is COC(=O)C1=NN(N=O)[C@H]2C(=O)N(c3cc(C)cc(C)c3)C(=O)[C@H]12. The zero-order valence-corrected chi connectivity index (χ0v) is 13.2. The summed E-state index contributed by atoms with van der Waals surface area (Å²) in [6.45, 7) is 3.67. The molecule has 0 saturated carbocycles. The Balaban J connectivity index is 2.07. The van der Waals surface area contributed by atoms with Crippen LogP contribution >= 0.6 is 0 Å². The molecule has 9 nitrogen and oxygen atoms in total. The fourth-order valence-electron chi connectivity index (χ4n) is 3.07. The van der Waals surface area contributed by atoms with Crippen molar-refractivity contribution in [3.8, 4) is 0 Å². The lowest BCUT2D eigenvalue weighted by Crippen LogP contribution is -2.36. The van der Waals surface area contributed by atoms with Crippen molar-refractivity contribution in [3.05, 3.63) is 34.2 Å². The minimum absolute atomic E-state index is 0.299. The van der Waals surface area contributed by atoms with Gasteiger partial charge in [0.25, 0.3) is 5.91 Å². The van der Waals surface area contributed by atoms with Crippen LogP contribution in [0, 0.1) is 24.7 Å². The first-order valence-electron chi connectivity index (χ1n) is 7.14. The Morgan fingerprint density at radius 3 is 2.33 bits per heavy atom. The summed E-state index contributed by atoms with van der Waals surface area (Å²) < 4.78 is 4.58. The number of amides is 2. The van der Waals surface area contributed by atoms with Crippen molar-refractivity contribution in [2.75, 3.05) is 12.0 Å². The van der Waals surface area contributed by atoms with Crippen molar-refractivity contribution in [1.29, 1.82) is 0 Å². The summed E-state index contributed by atoms with van der Waals surface area (Å²) in [5.41, 5.74) is 1.82. The zero-order valence-electron chi connectivity index (χ0n) is 13.2. The van der Waals surface area contributed by atoms with E-state index in [1.807, 2.05) is 19.9 Å². The second-order valence-electron chi connectivity index (χ2n) is 5.66. The monoisotopic (exact) mass is 330 g/mol. The van der Waals surface area contributed by atoms with Gasteiger partial charge in [0.2, 0.25) is 5.91 Å². The molecule has 0 spiro atoms. The van der Waals surface area contributed by atoms with Gasteiger partial charge in [-0.15, -0.1) is 15.1 Å². The molecule has 3 rings (SSSR count). The van der Waals surface area contributed by atoms with E-state index in [4.69, 9.17) is 0 Å². The van der Waals surface area contributed by atoms with Crippen LogP contribution in [0.4, 0.5) is 5.69 Å². The molecule has 0 aromatic heterocycles. The van der Waals surface area contributed by atoms with Crippen LogP contribution in [0.3, 0.4) is 0 Å². The standard InChI is InChI=1S/C15H14N4O5/c1-7-4-8(2)6-9(5-7)18-13(20)10-11(15(22)24-3)16-19(17-23)12(10)14(18)21/h4-6,10,12H,1-3H3/t10-,12-/m1/s1. The lowest BCUT2D eigenvalue weighted by Gasteiger charge is -2.17.